The quantitative estimate of drug-likeness (QED) is 0.944. The monoisotopic (exact) mass is 310 g/mol. The SMILES string of the molecule is CC(NS(=O)(=O)c1cccc(F)c1C#N)c1ccsc1. The Labute approximate surface area is 120 Å². The zero-order valence-corrected chi connectivity index (χ0v) is 12.1. The molecule has 1 atom stereocenters. The minimum absolute atomic E-state index is 0.345. The predicted molar refractivity (Wildman–Crippen MR) is 74.2 cm³/mol. The summed E-state index contributed by atoms with van der Waals surface area (Å²) >= 11 is 1.45. The number of sulfonamides is 1. The molecule has 104 valence electrons. The van der Waals surface area contributed by atoms with Gasteiger partial charge in [-0.05, 0) is 41.4 Å². The van der Waals surface area contributed by atoms with E-state index in [0.29, 0.717) is 0 Å². The fraction of sp³-hybridized carbons (Fsp3) is 0.154. The maximum atomic E-state index is 13.5. The van der Waals surface area contributed by atoms with Gasteiger partial charge in [0.05, 0.1) is 0 Å². The van der Waals surface area contributed by atoms with Gasteiger partial charge in [-0.3, -0.25) is 0 Å². The summed E-state index contributed by atoms with van der Waals surface area (Å²) in [7, 11) is -3.96. The summed E-state index contributed by atoms with van der Waals surface area (Å²) in [5.74, 6) is -0.849. The Morgan fingerprint density at radius 1 is 1.40 bits per heavy atom. The van der Waals surface area contributed by atoms with Gasteiger partial charge in [-0.15, -0.1) is 0 Å². The molecule has 0 aliphatic heterocycles. The Balaban J connectivity index is 2.37. The number of nitrogens with one attached hydrogen (secondary N) is 1. The first-order chi connectivity index (χ1) is 9.45. The minimum atomic E-state index is -3.96. The van der Waals surface area contributed by atoms with Crippen LogP contribution in [-0.4, -0.2) is 8.42 Å². The molecule has 0 saturated heterocycles. The van der Waals surface area contributed by atoms with Gasteiger partial charge >= 0.3 is 0 Å². The number of halogens is 1. The molecule has 0 saturated carbocycles. The Morgan fingerprint density at radius 2 is 2.15 bits per heavy atom. The first-order valence-corrected chi connectivity index (χ1v) is 8.11. The maximum absolute atomic E-state index is 13.5. The molecule has 20 heavy (non-hydrogen) atoms. The van der Waals surface area contributed by atoms with E-state index >= 15 is 0 Å². The lowest BCUT2D eigenvalue weighted by molar-refractivity contribution is 0.563. The van der Waals surface area contributed by atoms with Gasteiger partial charge in [-0.2, -0.15) is 16.6 Å². The van der Waals surface area contributed by atoms with E-state index < -0.39 is 27.4 Å². The van der Waals surface area contributed by atoms with E-state index in [2.05, 4.69) is 4.72 Å². The van der Waals surface area contributed by atoms with Gasteiger partial charge < -0.3 is 0 Å². The van der Waals surface area contributed by atoms with E-state index in [1.165, 1.54) is 23.5 Å². The number of hydrogen-bond donors (Lipinski definition) is 1. The zero-order chi connectivity index (χ0) is 14.8. The van der Waals surface area contributed by atoms with E-state index in [9.17, 15) is 12.8 Å². The third kappa shape index (κ3) is 2.88. The van der Waals surface area contributed by atoms with Crippen LogP contribution >= 0.6 is 11.3 Å². The number of hydrogen-bond acceptors (Lipinski definition) is 4. The van der Waals surface area contributed by atoms with E-state index in [4.69, 9.17) is 5.26 Å². The summed E-state index contributed by atoms with van der Waals surface area (Å²) in [5.41, 5.74) is 0.339. The summed E-state index contributed by atoms with van der Waals surface area (Å²) in [6.07, 6.45) is 0. The highest BCUT2D eigenvalue weighted by atomic mass is 32.2. The van der Waals surface area contributed by atoms with Gasteiger partial charge in [0.15, 0.2) is 0 Å². The molecule has 0 aliphatic carbocycles. The molecule has 2 aromatic rings. The molecule has 1 N–H and O–H groups in total. The van der Waals surface area contributed by atoms with Gasteiger partial charge in [0.25, 0.3) is 0 Å². The third-order valence-corrected chi connectivity index (χ3v) is 5.04. The molecule has 0 spiro atoms. The molecular weight excluding hydrogens is 299 g/mol. The van der Waals surface area contributed by atoms with Crippen LogP contribution in [0.2, 0.25) is 0 Å². The van der Waals surface area contributed by atoms with Crippen molar-refractivity contribution in [2.75, 3.05) is 0 Å². The molecule has 7 heteroatoms. The molecule has 0 amide bonds. The normalized spacial score (nSPS) is 12.8. The standard InChI is InChI=1S/C13H11FN2O2S2/c1-9(10-5-6-19-8-10)16-20(17,18)13-4-2-3-12(14)11(13)7-15/h2-6,8-9,16H,1H3. The van der Waals surface area contributed by atoms with Crippen LogP contribution < -0.4 is 4.72 Å². The third-order valence-electron chi connectivity index (χ3n) is 2.75. The molecule has 4 nitrogen and oxygen atoms in total. The first kappa shape index (κ1) is 14.7. The molecule has 1 unspecified atom stereocenters. The fourth-order valence-corrected chi connectivity index (χ4v) is 3.87. The van der Waals surface area contributed by atoms with Crippen LogP contribution in [0.1, 0.15) is 24.1 Å². The largest absolute Gasteiger partial charge is 0.242 e. The molecule has 1 heterocycles. The Kier molecular flexibility index (Phi) is 4.18. The summed E-state index contributed by atoms with van der Waals surface area (Å²) < 4.78 is 40.4. The van der Waals surface area contributed by atoms with Crippen molar-refractivity contribution < 1.29 is 12.8 Å². The van der Waals surface area contributed by atoms with E-state index in [1.807, 2.05) is 10.8 Å². The molecule has 0 bridgehead atoms. The second-order valence-electron chi connectivity index (χ2n) is 4.12. The van der Waals surface area contributed by atoms with Crippen LogP contribution in [-0.2, 0) is 10.0 Å². The van der Waals surface area contributed by atoms with E-state index in [-0.39, 0.29) is 4.90 Å². The zero-order valence-electron chi connectivity index (χ0n) is 10.5. The van der Waals surface area contributed by atoms with Crippen LogP contribution in [0.5, 0.6) is 0 Å². The van der Waals surface area contributed by atoms with Crippen molar-refractivity contribution in [3.8, 4) is 6.07 Å². The lowest BCUT2D eigenvalue weighted by Crippen LogP contribution is -2.27. The second kappa shape index (κ2) is 5.71. The molecule has 0 aliphatic rings. The van der Waals surface area contributed by atoms with Crippen LogP contribution in [0.25, 0.3) is 0 Å². The lowest BCUT2D eigenvalue weighted by atomic mass is 10.2. The highest BCUT2D eigenvalue weighted by Crippen LogP contribution is 2.22. The highest BCUT2D eigenvalue weighted by Gasteiger charge is 2.23. The molecular formula is C13H11FN2O2S2. The lowest BCUT2D eigenvalue weighted by Gasteiger charge is -2.14. The van der Waals surface area contributed by atoms with E-state index in [1.54, 1.807) is 19.1 Å². The Morgan fingerprint density at radius 3 is 2.75 bits per heavy atom. The van der Waals surface area contributed by atoms with Crippen molar-refractivity contribution in [1.29, 1.82) is 5.26 Å². The summed E-state index contributed by atoms with van der Waals surface area (Å²) in [4.78, 5) is -0.345. The first-order valence-electron chi connectivity index (χ1n) is 5.68. The summed E-state index contributed by atoms with van der Waals surface area (Å²) in [5, 5.41) is 12.6. The highest BCUT2D eigenvalue weighted by molar-refractivity contribution is 7.89. The van der Waals surface area contributed by atoms with Crippen LogP contribution in [0, 0.1) is 17.1 Å². The van der Waals surface area contributed by atoms with Gasteiger partial charge in [0, 0.05) is 6.04 Å². The van der Waals surface area contributed by atoms with Gasteiger partial charge in [-0.1, -0.05) is 6.07 Å². The average Bonchev–Trinajstić information content (AvgIpc) is 2.91. The number of thiophene rings is 1. The molecule has 1 aromatic heterocycles. The van der Waals surface area contributed by atoms with Crippen molar-refractivity contribution in [3.05, 3.63) is 52.0 Å². The fourth-order valence-electron chi connectivity index (χ4n) is 1.72. The molecule has 2 rings (SSSR count). The minimum Gasteiger partial charge on any atom is -0.207 e. The number of rotatable bonds is 4. The number of benzene rings is 1. The van der Waals surface area contributed by atoms with Gasteiger partial charge in [0.2, 0.25) is 10.0 Å². The Bertz CT molecular complexity index is 749. The van der Waals surface area contributed by atoms with Crippen LogP contribution in [0.15, 0.2) is 39.9 Å². The number of nitrogens with zero attached hydrogens (tertiary/aromatic N) is 1. The molecule has 0 fully saturated rings. The van der Waals surface area contributed by atoms with E-state index in [0.717, 1.165) is 11.6 Å². The topological polar surface area (TPSA) is 70.0 Å². The summed E-state index contributed by atoms with van der Waals surface area (Å²) in [6.45, 7) is 1.69. The van der Waals surface area contributed by atoms with Crippen LogP contribution in [0.3, 0.4) is 0 Å². The van der Waals surface area contributed by atoms with Crippen molar-refractivity contribution in [3.63, 3.8) is 0 Å². The van der Waals surface area contributed by atoms with Gasteiger partial charge in [0.1, 0.15) is 22.3 Å². The maximum Gasteiger partial charge on any atom is 0.242 e. The van der Waals surface area contributed by atoms with Gasteiger partial charge in [-0.25, -0.2) is 17.5 Å². The number of nitriles is 1. The summed E-state index contributed by atoms with van der Waals surface area (Å²) in [6, 6.07) is 6.46. The van der Waals surface area contributed by atoms with Crippen LogP contribution in [0.4, 0.5) is 4.39 Å². The average molecular weight is 310 g/mol. The van der Waals surface area contributed by atoms with Crippen molar-refractivity contribution in [1.82, 2.24) is 4.72 Å². The molecule has 1 aromatic carbocycles. The van der Waals surface area contributed by atoms with Crippen molar-refractivity contribution in [2.45, 2.75) is 17.9 Å². The smallest absolute Gasteiger partial charge is 0.207 e. The van der Waals surface area contributed by atoms with Crippen molar-refractivity contribution >= 4 is 21.4 Å². The second-order valence-corrected chi connectivity index (χ2v) is 6.59. The predicted octanol–water partition coefficient (Wildman–Crippen LogP) is 2.80. The Hall–Kier alpha value is -1.75. The van der Waals surface area contributed by atoms with Crippen molar-refractivity contribution in [2.24, 2.45) is 0 Å². The molecule has 0 radical (unpaired) electrons.